The van der Waals surface area contributed by atoms with Crippen LogP contribution in [-0.2, 0) is 6.42 Å². The number of methoxy groups -OCH3 is 1. The fraction of sp³-hybridized carbons (Fsp3) is 0.188. The van der Waals surface area contributed by atoms with Gasteiger partial charge in [-0.15, -0.1) is 0 Å². The summed E-state index contributed by atoms with van der Waals surface area (Å²) in [4.78, 5) is 8.60. The van der Waals surface area contributed by atoms with E-state index in [9.17, 15) is 0 Å². The minimum Gasteiger partial charge on any atom is -0.495 e. The molecule has 130 valence electrons. The lowest BCUT2D eigenvalue weighted by Gasteiger charge is -2.08. The maximum Gasteiger partial charge on any atom is 0.216 e. The van der Waals surface area contributed by atoms with E-state index in [2.05, 4.69) is 25.5 Å². The first-order valence-electron chi connectivity index (χ1n) is 7.51. The largest absolute Gasteiger partial charge is 0.495 e. The van der Waals surface area contributed by atoms with Gasteiger partial charge in [-0.2, -0.15) is 5.10 Å². The molecule has 0 aliphatic heterocycles. The van der Waals surface area contributed by atoms with E-state index in [1.165, 1.54) is 0 Å². The smallest absolute Gasteiger partial charge is 0.216 e. The standard InChI is InChI=1S/C16H17ClN6O2/c1-24-12-5-4-10(9-11(12)17)20-16(18)19-7-6-14-21-15(23-22-14)13-3-2-8-25-13/h2-5,8-9H,6-7H2,1H3,(H3,18,19,20)(H,21,22,23). The maximum absolute atomic E-state index is 6.07. The molecule has 9 heteroatoms. The Hall–Kier alpha value is -3.00. The van der Waals surface area contributed by atoms with Crippen LogP contribution in [0.3, 0.4) is 0 Å². The van der Waals surface area contributed by atoms with Crippen molar-refractivity contribution in [1.82, 2.24) is 15.2 Å². The summed E-state index contributed by atoms with van der Waals surface area (Å²) in [5, 5.41) is 10.4. The van der Waals surface area contributed by atoms with Gasteiger partial charge in [0.2, 0.25) is 5.82 Å². The number of anilines is 1. The number of hydrogen-bond donors (Lipinski definition) is 3. The van der Waals surface area contributed by atoms with Crippen molar-refractivity contribution in [1.29, 1.82) is 0 Å². The second-order valence-electron chi connectivity index (χ2n) is 5.07. The van der Waals surface area contributed by atoms with Gasteiger partial charge in [0.05, 0.1) is 18.4 Å². The van der Waals surface area contributed by atoms with Crippen molar-refractivity contribution in [2.75, 3.05) is 19.0 Å². The molecule has 0 spiro atoms. The molecule has 0 fully saturated rings. The highest BCUT2D eigenvalue weighted by molar-refractivity contribution is 6.32. The van der Waals surface area contributed by atoms with Crippen molar-refractivity contribution >= 4 is 23.2 Å². The molecule has 0 aliphatic rings. The zero-order chi connectivity index (χ0) is 17.6. The second-order valence-corrected chi connectivity index (χ2v) is 5.48. The van der Waals surface area contributed by atoms with Crippen LogP contribution in [0.2, 0.25) is 5.02 Å². The third-order valence-electron chi connectivity index (χ3n) is 3.33. The lowest BCUT2D eigenvalue weighted by molar-refractivity contribution is 0.415. The molecule has 0 bridgehead atoms. The molecule has 2 aromatic heterocycles. The lowest BCUT2D eigenvalue weighted by atomic mass is 10.3. The molecule has 0 amide bonds. The second kappa shape index (κ2) is 7.71. The Labute approximate surface area is 149 Å². The van der Waals surface area contributed by atoms with Gasteiger partial charge >= 0.3 is 0 Å². The van der Waals surface area contributed by atoms with Crippen LogP contribution in [0, 0.1) is 0 Å². The molecule has 0 atom stereocenters. The number of rotatable bonds is 6. The summed E-state index contributed by atoms with van der Waals surface area (Å²) in [7, 11) is 1.56. The quantitative estimate of drug-likeness (QED) is 0.460. The Morgan fingerprint density at radius 2 is 2.32 bits per heavy atom. The van der Waals surface area contributed by atoms with Gasteiger partial charge in [-0.25, -0.2) is 4.98 Å². The van der Waals surface area contributed by atoms with Gasteiger partial charge in [-0.05, 0) is 30.3 Å². The summed E-state index contributed by atoms with van der Waals surface area (Å²) in [6, 6.07) is 8.86. The molecule has 8 nitrogen and oxygen atoms in total. The highest BCUT2D eigenvalue weighted by Gasteiger charge is 2.08. The van der Waals surface area contributed by atoms with E-state index in [0.717, 1.165) is 5.69 Å². The number of aromatic nitrogens is 3. The lowest BCUT2D eigenvalue weighted by Crippen LogP contribution is -2.23. The van der Waals surface area contributed by atoms with Gasteiger partial charge in [-0.3, -0.25) is 10.1 Å². The first kappa shape index (κ1) is 16.8. The fourth-order valence-electron chi connectivity index (χ4n) is 2.14. The maximum atomic E-state index is 6.07. The van der Waals surface area contributed by atoms with Crippen LogP contribution in [0.25, 0.3) is 11.6 Å². The van der Waals surface area contributed by atoms with Gasteiger partial charge in [0.15, 0.2) is 11.7 Å². The average molecular weight is 361 g/mol. The SMILES string of the molecule is COc1ccc(NC(N)=NCCc2nc(-c3ccco3)n[nH]2)cc1Cl. The fourth-order valence-corrected chi connectivity index (χ4v) is 2.39. The summed E-state index contributed by atoms with van der Waals surface area (Å²) >= 11 is 6.07. The van der Waals surface area contributed by atoms with Crippen molar-refractivity contribution in [3.8, 4) is 17.3 Å². The molecule has 0 radical (unpaired) electrons. The molecular weight excluding hydrogens is 344 g/mol. The number of nitrogens with one attached hydrogen (secondary N) is 2. The molecule has 0 saturated carbocycles. The van der Waals surface area contributed by atoms with E-state index >= 15 is 0 Å². The first-order chi connectivity index (χ1) is 12.2. The molecular formula is C16H17ClN6O2. The van der Waals surface area contributed by atoms with E-state index in [-0.39, 0.29) is 5.96 Å². The number of H-pyrrole nitrogens is 1. The third kappa shape index (κ3) is 4.30. The number of aliphatic imine (C=N–C) groups is 1. The Balaban J connectivity index is 1.54. The summed E-state index contributed by atoms with van der Waals surface area (Å²) in [5.41, 5.74) is 6.60. The van der Waals surface area contributed by atoms with Gasteiger partial charge in [0.1, 0.15) is 11.6 Å². The van der Waals surface area contributed by atoms with Crippen LogP contribution in [0.4, 0.5) is 5.69 Å². The van der Waals surface area contributed by atoms with Crippen molar-refractivity contribution in [2.45, 2.75) is 6.42 Å². The van der Waals surface area contributed by atoms with Crippen LogP contribution in [0.1, 0.15) is 5.82 Å². The Kier molecular flexibility index (Phi) is 5.20. The first-order valence-corrected chi connectivity index (χ1v) is 7.89. The number of nitrogens with zero attached hydrogens (tertiary/aromatic N) is 3. The van der Waals surface area contributed by atoms with Crippen molar-refractivity contribution in [3.05, 3.63) is 47.4 Å². The predicted octanol–water partition coefficient (Wildman–Crippen LogP) is 2.70. The number of nitrogens with two attached hydrogens (primary N) is 1. The molecule has 3 rings (SSSR count). The molecule has 1 aromatic carbocycles. The normalized spacial score (nSPS) is 11.5. The van der Waals surface area contributed by atoms with Gasteiger partial charge in [-0.1, -0.05) is 11.6 Å². The van der Waals surface area contributed by atoms with Crippen LogP contribution in [0.5, 0.6) is 5.75 Å². The van der Waals surface area contributed by atoms with Gasteiger partial charge < -0.3 is 20.2 Å². The number of halogens is 1. The van der Waals surface area contributed by atoms with Crippen molar-refractivity contribution < 1.29 is 9.15 Å². The van der Waals surface area contributed by atoms with Crippen molar-refractivity contribution in [2.24, 2.45) is 10.7 Å². The topological polar surface area (TPSA) is 114 Å². The number of guanidine groups is 1. The van der Waals surface area contributed by atoms with E-state index < -0.39 is 0 Å². The Bertz CT molecular complexity index is 859. The highest BCUT2D eigenvalue weighted by atomic mass is 35.5. The molecule has 0 saturated heterocycles. The summed E-state index contributed by atoms with van der Waals surface area (Å²) in [6.07, 6.45) is 2.15. The molecule has 3 aromatic rings. The zero-order valence-corrected chi connectivity index (χ0v) is 14.2. The average Bonchev–Trinajstić information content (AvgIpc) is 3.26. The summed E-state index contributed by atoms with van der Waals surface area (Å²) < 4.78 is 10.3. The minimum atomic E-state index is 0.284. The molecule has 4 N–H and O–H groups in total. The number of ether oxygens (including phenoxy) is 1. The van der Waals surface area contributed by atoms with Crippen LogP contribution < -0.4 is 15.8 Å². The highest BCUT2D eigenvalue weighted by Crippen LogP contribution is 2.27. The zero-order valence-electron chi connectivity index (χ0n) is 13.5. The van der Waals surface area contributed by atoms with E-state index in [1.54, 1.807) is 43.7 Å². The number of aromatic amines is 1. The summed E-state index contributed by atoms with van der Waals surface area (Å²) in [5.74, 6) is 2.72. The number of hydrogen-bond acceptors (Lipinski definition) is 5. The van der Waals surface area contributed by atoms with Crippen molar-refractivity contribution in [3.63, 3.8) is 0 Å². The Morgan fingerprint density at radius 3 is 3.04 bits per heavy atom. The monoisotopic (exact) mass is 360 g/mol. The van der Waals surface area contributed by atoms with Crippen LogP contribution in [-0.4, -0.2) is 34.8 Å². The molecule has 0 unspecified atom stereocenters. The molecule has 2 heterocycles. The Morgan fingerprint density at radius 1 is 1.44 bits per heavy atom. The van der Waals surface area contributed by atoms with E-state index in [4.69, 9.17) is 26.5 Å². The number of benzene rings is 1. The minimum absolute atomic E-state index is 0.284. The van der Waals surface area contributed by atoms with Crippen LogP contribution in [0.15, 0.2) is 46.0 Å². The predicted molar refractivity (Wildman–Crippen MR) is 95.9 cm³/mol. The van der Waals surface area contributed by atoms with Gasteiger partial charge in [0.25, 0.3) is 0 Å². The van der Waals surface area contributed by atoms with Gasteiger partial charge in [0, 0.05) is 18.7 Å². The number of furan rings is 1. The van der Waals surface area contributed by atoms with E-state index in [1.807, 2.05) is 0 Å². The summed E-state index contributed by atoms with van der Waals surface area (Å²) in [6.45, 7) is 0.454. The molecule has 25 heavy (non-hydrogen) atoms. The van der Waals surface area contributed by atoms with Crippen LogP contribution >= 0.6 is 11.6 Å². The third-order valence-corrected chi connectivity index (χ3v) is 3.62. The van der Waals surface area contributed by atoms with E-state index in [0.29, 0.717) is 41.1 Å². The molecule has 0 aliphatic carbocycles.